The third-order valence-electron chi connectivity index (χ3n) is 6.17. The van der Waals surface area contributed by atoms with Crippen LogP contribution in [0.4, 0.5) is 0 Å². The van der Waals surface area contributed by atoms with Gasteiger partial charge in [0.05, 0.1) is 14.2 Å². The topological polar surface area (TPSA) is 95.5 Å². The summed E-state index contributed by atoms with van der Waals surface area (Å²) < 4.78 is 24.4. The van der Waals surface area contributed by atoms with Gasteiger partial charge >= 0.3 is 5.97 Å². The number of nitrogens with zero attached hydrogens (tertiary/aromatic N) is 1. The van der Waals surface area contributed by atoms with Gasteiger partial charge in [-0.05, 0) is 85.8 Å². The van der Waals surface area contributed by atoms with E-state index in [0.29, 0.717) is 22.6 Å². The molecule has 2 rings (SSSR count). The van der Waals surface area contributed by atoms with E-state index in [2.05, 4.69) is 67.0 Å². The minimum Gasteiger partial charge on any atom is -0.493 e. The highest BCUT2D eigenvalue weighted by molar-refractivity contribution is 14.1. The SMILES string of the molecule is COc1cc(I)c(C(O[Si](C)(C)C(C)(C)C)/C(=N\NC(=O)c2ccccc2)C(=O)OC(C)(C)C)cc1OC. The van der Waals surface area contributed by atoms with Crippen molar-refractivity contribution in [3.63, 3.8) is 0 Å². The zero-order valence-corrected chi connectivity index (χ0v) is 27.1. The van der Waals surface area contributed by atoms with E-state index in [-0.39, 0.29) is 10.7 Å². The lowest BCUT2D eigenvalue weighted by atomic mass is 10.0. The molecule has 0 aliphatic rings. The Morgan fingerprint density at radius 3 is 2.00 bits per heavy atom. The molecule has 38 heavy (non-hydrogen) atoms. The van der Waals surface area contributed by atoms with E-state index in [1.165, 1.54) is 0 Å². The van der Waals surface area contributed by atoms with Crippen LogP contribution in [0, 0.1) is 3.57 Å². The largest absolute Gasteiger partial charge is 0.493 e. The Bertz CT molecular complexity index is 1170. The normalized spacial score (nSPS) is 13.5. The standard InChI is InChI=1S/C28H39IN2O6Si/c1-27(2,3)36-26(33)23(30-31-25(32)18-14-12-11-13-15-18)24(37-38(9,10)28(4,5)6)19-16-21(34-7)22(35-8)17-20(19)29/h11-17,24H,1-10H3,(H,31,32)/b30-23+. The quantitative estimate of drug-likeness (QED) is 0.109. The van der Waals surface area contributed by atoms with Crippen molar-refractivity contribution in [2.45, 2.75) is 71.4 Å². The minimum absolute atomic E-state index is 0.0702. The first-order chi connectivity index (χ1) is 17.5. The number of nitrogens with one attached hydrogen (secondary N) is 1. The lowest BCUT2D eigenvalue weighted by molar-refractivity contribution is -0.146. The Balaban J connectivity index is 2.75. The predicted octanol–water partition coefficient (Wildman–Crippen LogP) is 6.50. The summed E-state index contributed by atoms with van der Waals surface area (Å²) in [5, 5.41) is 4.15. The van der Waals surface area contributed by atoms with E-state index in [1.54, 1.807) is 65.3 Å². The zero-order valence-electron chi connectivity index (χ0n) is 23.9. The summed E-state index contributed by atoms with van der Waals surface area (Å²) in [6.45, 7) is 15.8. The fraction of sp³-hybridized carbons (Fsp3) is 0.464. The number of amides is 1. The van der Waals surface area contributed by atoms with Gasteiger partial charge in [-0.15, -0.1) is 0 Å². The molecule has 0 saturated carbocycles. The maximum Gasteiger partial charge on any atom is 0.358 e. The van der Waals surface area contributed by atoms with E-state index in [4.69, 9.17) is 18.6 Å². The average Bonchev–Trinajstić information content (AvgIpc) is 2.81. The molecule has 208 valence electrons. The van der Waals surface area contributed by atoms with Gasteiger partial charge in [0, 0.05) is 14.7 Å². The fourth-order valence-electron chi connectivity index (χ4n) is 3.12. The maximum atomic E-state index is 13.6. The molecule has 0 spiro atoms. The Morgan fingerprint density at radius 1 is 0.947 bits per heavy atom. The summed E-state index contributed by atoms with van der Waals surface area (Å²) in [6, 6.07) is 12.2. The van der Waals surface area contributed by atoms with Crippen LogP contribution in [0.25, 0.3) is 0 Å². The number of methoxy groups -OCH3 is 2. The number of rotatable bonds is 9. The third kappa shape index (κ3) is 8.28. The lowest BCUT2D eigenvalue weighted by Gasteiger charge is -2.39. The molecule has 2 aromatic carbocycles. The number of benzene rings is 2. The highest BCUT2D eigenvalue weighted by Crippen LogP contribution is 2.43. The van der Waals surface area contributed by atoms with Crippen molar-refractivity contribution in [1.82, 2.24) is 5.43 Å². The third-order valence-corrected chi connectivity index (χ3v) is 11.5. The van der Waals surface area contributed by atoms with E-state index in [0.717, 1.165) is 3.57 Å². The summed E-state index contributed by atoms with van der Waals surface area (Å²) in [5.41, 5.74) is 2.72. The second-order valence-corrected chi connectivity index (χ2v) is 17.2. The molecule has 8 nitrogen and oxygen atoms in total. The smallest absolute Gasteiger partial charge is 0.358 e. The first-order valence-corrected chi connectivity index (χ1v) is 16.2. The van der Waals surface area contributed by atoms with Gasteiger partial charge in [0.25, 0.3) is 5.91 Å². The molecular formula is C28H39IN2O6Si. The van der Waals surface area contributed by atoms with Gasteiger partial charge in [-0.3, -0.25) is 4.79 Å². The molecule has 1 amide bonds. The molecule has 0 aliphatic carbocycles. The first-order valence-electron chi connectivity index (χ1n) is 12.3. The van der Waals surface area contributed by atoms with Crippen LogP contribution in [-0.2, 0) is 14.0 Å². The molecule has 0 radical (unpaired) electrons. The Labute approximate surface area is 240 Å². The van der Waals surface area contributed by atoms with Crippen molar-refractivity contribution >= 4 is 48.5 Å². The molecular weight excluding hydrogens is 615 g/mol. The van der Waals surface area contributed by atoms with Crippen LogP contribution in [0.2, 0.25) is 18.1 Å². The van der Waals surface area contributed by atoms with Crippen LogP contribution in [0.15, 0.2) is 47.6 Å². The van der Waals surface area contributed by atoms with Gasteiger partial charge < -0.3 is 18.6 Å². The predicted molar refractivity (Wildman–Crippen MR) is 160 cm³/mol. The van der Waals surface area contributed by atoms with Crippen LogP contribution in [0.3, 0.4) is 0 Å². The van der Waals surface area contributed by atoms with E-state index in [1.807, 2.05) is 12.1 Å². The van der Waals surface area contributed by atoms with Crippen molar-refractivity contribution in [3.05, 3.63) is 57.2 Å². The van der Waals surface area contributed by atoms with Gasteiger partial charge in [-0.2, -0.15) is 5.10 Å². The molecule has 1 atom stereocenters. The van der Waals surface area contributed by atoms with E-state index < -0.39 is 31.9 Å². The monoisotopic (exact) mass is 654 g/mol. The fourth-order valence-corrected chi connectivity index (χ4v) is 5.02. The highest BCUT2D eigenvalue weighted by Gasteiger charge is 2.43. The molecule has 0 heterocycles. The maximum absolute atomic E-state index is 13.6. The summed E-state index contributed by atoms with van der Waals surface area (Å²) in [7, 11) is 0.615. The molecule has 0 bridgehead atoms. The molecule has 1 unspecified atom stereocenters. The Kier molecular flexibility index (Phi) is 10.5. The minimum atomic E-state index is -2.49. The first kappa shape index (κ1) is 31.8. The molecule has 10 heteroatoms. The summed E-state index contributed by atoms with van der Waals surface area (Å²) in [4.78, 5) is 26.5. The van der Waals surface area contributed by atoms with Gasteiger partial charge in [-0.1, -0.05) is 39.0 Å². The van der Waals surface area contributed by atoms with Crippen molar-refractivity contribution in [2.24, 2.45) is 5.10 Å². The van der Waals surface area contributed by atoms with E-state index >= 15 is 0 Å². The number of hydrogen-bond donors (Lipinski definition) is 1. The Morgan fingerprint density at radius 2 is 1.50 bits per heavy atom. The van der Waals surface area contributed by atoms with Crippen molar-refractivity contribution in [2.75, 3.05) is 14.2 Å². The van der Waals surface area contributed by atoms with Gasteiger partial charge in [0.1, 0.15) is 11.7 Å². The number of hydrazone groups is 1. The van der Waals surface area contributed by atoms with Crippen LogP contribution < -0.4 is 14.9 Å². The number of ether oxygens (including phenoxy) is 3. The molecule has 1 N–H and O–H groups in total. The van der Waals surface area contributed by atoms with Crippen LogP contribution in [-0.4, -0.2) is 45.7 Å². The second kappa shape index (κ2) is 12.6. The molecule has 0 saturated heterocycles. The van der Waals surface area contributed by atoms with Crippen molar-refractivity contribution in [1.29, 1.82) is 0 Å². The zero-order chi connectivity index (χ0) is 28.9. The number of halogens is 1. The summed E-state index contributed by atoms with van der Waals surface area (Å²) >= 11 is 2.17. The lowest BCUT2D eigenvalue weighted by Crippen LogP contribution is -2.45. The van der Waals surface area contributed by atoms with E-state index in [9.17, 15) is 9.59 Å². The van der Waals surface area contributed by atoms with Crippen LogP contribution >= 0.6 is 22.6 Å². The molecule has 0 aromatic heterocycles. The molecule has 0 fully saturated rings. The number of carbonyl (C=O) groups is 2. The number of esters is 1. The number of carbonyl (C=O) groups excluding carboxylic acids is 2. The highest BCUT2D eigenvalue weighted by atomic mass is 127. The summed E-state index contributed by atoms with van der Waals surface area (Å²) in [6.07, 6.45) is -0.950. The molecule has 2 aromatic rings. The summed E-state index contributed by atoms with van der Waals surface area (Å²) in [5.74, 6) is -0.136. The average molecular weight is 655 g/mol. The second-order valence-electron chi connectivity index (χ2n) is 11.3. The molecule has 0 aliphatic heterocycles. The van der Waals surface area contributed by atoms with Crippen molar-refractivity contribution < 1.29 is 28.2 Å². The number of hydrogen-bond acceptors (Lipinski definition) is 7. The van der Waals surface area contributed by atoms with Gasteiger partial charge in [-0.25, -0.2) is 10.2 Å². The van der Waals surface area contributed by atoms with Gasteiger partial charge in [0.15, 0.2) is 25.5 Å². The van der Waals surface area contributed by atoms with Gasteiger partial charge in [0.2, 0.25) is 0 Å². The van der Waals surface area contributed by atoms with Crippen LogP contribution in [0.1, 0.15) is 63.6 Å². The van der Waals surface area contributed by atoms with Crippen molar-refractivity contribution in [3.8, 4) is 11.5 Å². The Hall–Kier alpha value is -2.44. The van der Waals surface area contributed by atoms with Crippen LogP contribution in [0.5, 0.6) is 11.5 Å².